The van der Waals surface area contributed by atoms with E-state index in [1.807, 2.05) is 0 Å². The van der Waals surface area contributed by atoms with E-state index in [4.69, 9.17) is 0 Å². The van der Waals surface area contributed by atoms with Crippen LogP contribution in [0.25, 0.3) is 6.08 Å². The van der Waals surface area contributed by atoms with Gasteiger partial charge in [0.25, 0.3) is 0 Å². The molecule has 0 bridgehead atoms. The first-order valence-corrected chi connectivity index (χ1v) is 8.74. The number of hydrogen-bond donors (Lipinski definition) is 0. The summed E-state index contributed by atoms with van der Waals surface area (Å²) >= 11 is 0. The second-order valence-corrected chi connectivity index (χ2v) is 6.46. The van der Waals surface area contributed by atoms with Crippen LogP contribution in [0, 0.1) is 87.3 Å². The normalized spacial score (nSPS) is 10.0. The molecule has 0 aliphatic carbocycles. The van der Waals surface area contributed by atoms with Gasteiger partial charge < -0.3 is 11.0 Å². The van der Waals surface area contributed by atoms with Crippen molar-refractivity contribution in [3.63, 3.8) is 0 Å². The van der Waals surface area contributed by atoms with Crippen LogP contribution in [0.3, 0.4) is 0 Å². The number of rotatable bonds is 3. The summed E-state index contributed by atoms with van der Waals surface area (Å²) in [6.07, 6.45) is -1.17. The molecule has 4 N–H and O–H groups in total. The molecule has 3 aromatic rings. The average Bonchev–Trinajstić information content (AvgIpc) is 2.86. The Kier molecular flexibility index (Phi) is 14.5. The SMILES string of the molecule is C=Cc1c(F)c(F)c(F)c(F)c1F.Fc1c(F)c(F)c(Cc2c(F)c(F)c(F)c(F)c2F)c(F)c1F.O.O.[Y]. The van der Waals surface area contributed by atoms with E-state index in [1.165, 1.54) is 0 Å². The third-order valence-electron chi connectivity index (χ3n) is 4.40. The van der Waals surface area contributed by atoms with E-state index in [0.717, 1.165) is 0 Å². The molecule has 0 amide bonds. The molecule has 18 heteroatoms. The van der Waals surface area contributed by atoms with E-state index >= 15 is 0 Å². The summed E-state index contributed by atoms with van der Waals surface area (Å²) in [6, 6.07) is 0. The van der Waals surface area contributed by atoms with Gasteiger partial charge in [-0.3, -0.25) is 0 Å². The van der Waals surface area contributed by atoms with Gasteiger partial charge in [-0.2, -0.15) is 0 Å². The van der Waals surface area contributed by atoms with Crippen molar-refractivity contribution < 1.29 is 110 Å². The Balaban J connectivity index is 0. The van der Waals surface area contributed by atoms with Crippen molar-refractivity contribution in [1.82, 2.24) is 0 Å². The van der Waals surface area contributed by atoms with Crippen LogP contribution in [0.2, 0.25) is 0 Å². The first-order valence-electron chi connectivity index (χ1n) is 8.74. The third-order valence-corrected chi connectivity index (χ3v) is 4.40. The fourth-order valence-electron chi connectivity index (χ4n) is 2.59. The van der Waals surface area contributed by atoms with Gasteiger partial charge in [0.2, 0.25) is 17.5 Å². The molecule has 0 atom stereocenters. The van der Waals surface area contributed by atoms with E-state index in [2.05, 4.69) is 6.58 Å². The first kappa shape index (κ1) is 38.5. The van der Waals surface area contributed by atoms with Gasteiger partial charge in [-0.05, 0) is 0 Å². The smallest absolute Gasteiger partial charge is 0.200 e. The number of benzene rings is 3. The fraction of sp³-hybridized carbons (Fsp3) is 0.0476. The Labute approximate surface area is 232 Å². The van der Waals surface area contributed by atoms with Gasteiger partial charge in [-0.25, -0.2) is 65.9 Å². The van der Waals surface area contributed by atoms with Gasteiger partial charge in [-0.1, -0.05) is 12.7 Å². The Morgan fingerprint density at radius 3 is 0.744 bits per heavy atom. The van der Waals surface area contributed by atoms with Crippen LogP contribution in [-0.4, -0.2) is 11.0 Å². The van der Waals surface area contributed by atoms with E-state index in [1.54, 1.807) is 0 Å². The summed E-state index contributed by atoms with van der Waals surface area (Å²) in [5.41, 5.74) is -4.48. The summed E-state index contributed by atoms with van der Waals surface area (Å²) in [5, 5.41) is 0. The molecule has 0 heterocycles. The van der Waals surface area contributed by atoms with E-state index in [-0.39, 0.29) is 43.7 Å². The molecule has 0 spiro atoms. The van der Waals surface area contributed by atoms with Gasteiger partial charge >= 0.3 is 0 Å². The van der Waals surface area contributed by atoms with Crippen molar-refractivity contribution in [2.45, 2.75) is 6.42 Å². The van der Waals surface area contributed by atoms with E-state index in [9.17, 15) is 65.9 Å². The molecular weight excluding hydrogens is 658 g/mol. The van der Waals surface area contributed by atoms with Crippen LogP contribution in [0.1, 0.15) is 16.7 Å². The van der Waals surface area contributed by atoms with Crippen LogP contribution < -0.4 is 0 Å². The fourth-order valence-corrected chi connectivity index (χ4v) is 2.59. The molecule has 3 aromatic carbocycles. The number of halogens is 15. The largest absolute Gasteiger partial charge is 0.412 e. The van der Waals surface area contributed by atoms with Gasteiger partial charge in [0.1, 0.15) is 0 Å². The first-order chi connectivity index (χ1) is 16.6. The standard InChI is InChI=1S/C13H2F10.C8H3F5.2H2O.Y/c14-4-2(5(15)9(19)12(22)8(4)18)1-3-6(16)10(20)13(23)11(21)7(3)17;1-2-3-4(9)6(11)8(13)7(12)5(3)10;;;/h1H2;2H,1H2;2*1H2;. The predicted molar refractivity (Wildman–Crippen MR) is 98.8 cm³/mol. The molecule has 3 rings (SSSR count). The molecule has 0 saturated carbocycles. The maximum Gasteiger partial charge on any atom is 0.200 e. The Hall–Kier alpha value is -2.63. The zero-order valence-electron chi connectivity index (χ0n) is 18.2. The topological polar surface area (TPSA) is 63.0 Å². The minimum Gasteiger partial charge on any atom is -0.412 e. The van der Waals surface area contributed by atoms with Gasteiger partial charge in [-0.15, -0.1) is 0 Å². The van der Waals surface area contributed by atoms with Crippen LogP contribution >= 0.6 is 0 Å². The van der Waals surface area contributed by atoms with Crippen molar-refractivity contribution in [2.24, 2.45) is 0 Å². The Bertz CT molecular complexity index is 1240. The van der Waals surface area contributed by atoms with Crippen LogP contribution in [0.5, 0.6) is 0 Å². The molecule has 39 heavy (non-hydrogen) atoms. The zero-order chi connectivity index (χ0) is 27.8. The van der Waals surface area contributed by atoms with Crippen molar-refractivity contribution >= 4 is 6.08 Å². The van der Waals surface area contributed by atoms with E-state index in [0.29, 0.717) is 6.08 Å². The van der Waals surface area contributed by atoms with Gasteiger partial charge in [0, 0.05) is 50.3 Å². The van der Waals surface area contributed by atoms with Gasteiger partial charge in [0.15, 0.2) is 69.8 Å². The average molecular weight is 667 g/mol. The Morgan fingerprint density at radius 2 is 0.538 bits per heavy atom. The minimum atomic E-state index is -2.53. The molecule has 0 aromatic heterocycles. The van der Waals surface area contributed by atoms with Crippen molar-refractivity contribution in [3.05, 3.63) is 111 Å². The molecule has 213 valence electrons. The molecule has 0 aliphatic heterocycles. The van der Waals surface area contributed by atoms with Crippen LogP contribution in [0.15, 0.2) is 6.58 Å². The van der Waals surface area contributed by atoms with Crippen molar-refractivity contribution in [2.75, 3.05) is 0 Å². The summed E-state index contributed by atoms with van der Waals surface area (Å²) in [6.45, 7) is 2.93. The molecular formula is C21H9F15O2Y. The molecule has 0 fully saturated rings. The molecule has 0 saturated heterocycles. The molecule has 0 unspecified atom stereocenters. The monoisotopic (exact) mass is 667 g/mol. The quantitative estimate of drug-likeness (QED) is 0.186. The molecule has 0 aliphatic rings. The maximum atomic E-state index is 13.4. The third kappa shape index (κ3) is 6.94. The zero-order valence-corrected chi connectivity index (χ0v) is 21.1. The van der Waals surface area contributed by atoms with Crippen molar-refractivity contribution in [1.29, 1.82) is 0 Å². The molecule has 2 nitrogen and oxygen atoms in total. The minimum absolute atomic E-state index is 0. The summed E-state index contributed by atoms with van der Waals surface area (Å²) < 4.78 is 194. The van der Waals surface area contributed by atoms with Gasteiger partial charge in [0.05, 0.1) is 5.56 Å². The van der Waals surface area contributed by atoms with Crippen molar-refractivity contribution in [3.8, 4) is 0 Å². The second-order valence-electron chi connectivity index (χ2n) is 6.46. The Morgan fingerprint density at radius 1 is 0.359 bits per heavy atom. The second kappa shape index (κ2) is 14.7. The predicted octanol–water partition coefficient (Wildman–Crippen LogP) is 6.04. The van der Waals surface area contributed by atoms with Crippen LogP contribution in [-0.2, 0) is 39.1 Å². The number of hydrogen-bond acceptors (Lipinski definition) is 0. The maximum absolute atomic E-state index is 13.4. The van der Waals surface area contributed by atoms with E-state index < -0.39 is 110 Å². The van der Waals surface area contributed by atoms with Crippen LogP contribution in [0.4, 0.5) is 65.9 Å². The summed E-state index contributed by atoms with van der Waals surface area (Å²) in [7, 11) is 0. The summed E-state index contributed by atoms with van der Waals surface area (Å²) in [4.78, 5) is 0. The summed E-state index contributed by atoms with van der Waals surface area (Å²) in [5.74, 6) is -34.3. The molecule has 1 radical (unpaired) electrons.